The maximum Gasteiger partial charge on any atom is 0.234 e. The molecule has 10 rings (SSSR count). The first-order valence-corrected chi connectivity index (χ1v) is 15.2. The number of hydrogen-bond acceptors (Lipinski definition) is 5. The predicted octanol–water partition coefficient (Wildman–Crippen LogP) is 8.76. The molecule has 0 saturated heterocycles. The second kappa shape index (κ2) is 9.51. The van der Waals surface area contributed by atoms with Crippen molar-refractivity contribution in [3.05, 3.63) is 140 Å². The van der Waals surface area contributed by atoms with Gasteiger partial charge in [0, 0.05) is 29.8 Å². The molecule has 6 aromatic carbocycles. The standard InChI is InChI=1S/C39H23N7/c1-2-10-27(11-3-1)46-34-13-5-4-12-30(34)43-38(46)32-22-31(33-23-45-21-7-20-40-39(45)44-33)41-37(42-32)29-19-17-26-15-14-24-8-6-9-25-16-18-28(29)36(26)35(24)25/h1-23H. The first-order chi connectivity index (χ1) is 22.8. The van der Waals surface area contributed by atoms with Crippen LogP contribution in [0.5, 0.6) is 0 Å². The average molecular weight is 590 g/mol. The quantitative estimate of drug-likeness (QED) is 0.192. The van der Waals surface area contributed by atoms with E-state index in [-0.39, 0.29) is 0 Å². The lowest BCUT2D eigenvalue weighted by molar-refractivity contribution is 1.07. The fourth-order valence-electron chi connectivity index (χ4n) is 6.73. The molecule has 214 valence electrons. The molecule has 46 heavy (non-hydrogen) atoms. The molecule has 0 aliphatic rings. The maximum atomic E-state index is 5.27. The monoisotopic (exact) mass is 589 g/mol. The Balaban J connectivity index is 1.29. The van der Waals surface area contributed by atoms with E-state index in [0.29, 0.717) is 28.7 Å². The molecule has 10 aromatic rings. The lowest BCUT2D eigenvalue weighted by atomic mass is 9.92. The number of imidazole rings is 2. The highest BCUT2D eigenvalue weighted by Gasteiger charge is 2.21. The fourth-order valence-corrected chi connectivity index (χ4v) is 6.73. The molecule has 0 N–H and O–H groups in total. The van der Waals surface area contributed by atoms with Crippen LogP contribution in [-0.4, -0.2) is 33.9 Å². The second-order valence-electron chi connectivity index (χ2n) is 11.5. The Kier molecular flexibility index (Phi) is 5.15. The number of fused-ring (bicyclic) bond motifs is 2. The molecule has 0 saturated carbocycles. The van der Waals surface area contributed by atoms with Crippen molar-refractivity contribution in [1.82, 2.24) is 33.9 Å². The van der Waals surface area contributed by atoms with Crippen LogP contribution in [0.2, 0.25) is 0 Å². The normalized spacial score (nSPS) is 11.9. The molecule has 0 aliphatic heterocycles. The van der Waals surface area contributed by atoms with Crippen molar-refractivity contribution < 1.29 is 0 Å². The van der Waals surface area contributed by atoms with Gasteiger partial charge in [0.2, 0.25) is 5.78 Å². The summed E-state index contributed by atoms with van der Waals surface area (Å²) >= 11 is 0. The smallest absolute Gasteiger partial charge is 0.234 e. The minimum absolute atomic E-state index is 0.610. The Bertz CT molecular complexity index is 2710. The van der Waals surface area contributed by atoms with Crippen LogP contribution in [0.15, 0.2) is 140 Å². The van der Waals surface area contributed by atoms with E-state index in [0.717, 1.165) is 33.5 Å². The molecule has 0 bridgehead atoms. The van der Waals surface area contributed by atoms with Crippen LogP contribution in [0.1, 0.15) is 0 Å². The molecule has 4 heterocycles. The lowest BCUT2D eigenvalue weighted by Gasteiger charge is -2.15. The topological polar surface area (TPSA) is 73.8 Å². The van der Waals surface area contributed by atoms with Gasteiger partial charge < -0.3 is 0 Å². The average Bonchev–Trinajstić information content (AvgIpc) is 3.73. The highest BCUT2D eigenvalue weighted by Crippen LogP contribution is 2.39. The molecular formula is C39H23N7. The molecule has 7 nitrogen and oxygen atoms in total. The summed E-state index contributed by atoms with van der Waals surface area (Å²) in [6, 6.07) is 41.9. The van der Waals surface area contributed by atoms with Crippen molar-refractivity contribution in [2.45, 2.75) is 0 Å². The minimum atomic E-state index is 0.610. The van der Waals surface area contributed by atoms with Crippen molar-refractivity contribution in [1.29, 1.82) is 0 Å². The third-order valence-electron chi connectivity index (χ3n) is 8.80. The van der Waals surface area contributed by atoms with Crippen LogP contribution < -0.4 is 0 Å². The van der Waals surface area contributed by atoms with Gasteiger partial charge in [0.05, 0.1) is 16.7 Å². The Morgan fingerprint density at radius 1 is 0.543 bits per heavy atom. The number of benzene rings is 6. The number of nitrogens with zero attached hydrogens (tertiary/aromatic N) is 7. The van der Waals surface area contributed by atoms with Gasteiger partial charge >= 0.3 is 0 Å². The summed E-state index contributed by atoms with van der Waals surface area (Å²) in [6.07, 6.45) is 5.65. The second-order valence-corrected chi connectivity index (χ2v) is 11.5. The van der Waals surface area contributed by atoms with Crippen LogP contribution in [0.3, 0.4) is 0 Å². The summed E-state index contributed by atoms with van der Waals surface area (Å²) in [5.74, 6) is 1.96. The molecule has 0 unspecified atom stereocenters. The van der Waals surface area contributed by atoms with Crippen molar-refractivity contribution in [2.24, 2.45) is 0 Å². The van der Waals surface area contributed by atoms with Crippen molar-refractivity contribution in [2.75, 3.05) is 0 Å². The van der Waals surface area contributed by atoms with Gasteiger partial charge in [-0.3, -0.25) is 8.97 Å². The van der Waals surface area contributed by atoms with Crippen LogP contribution in [-0.2, 0) is 0 Å². The van der Waals surface area contributed by atoms with E-state index in [1.54, 1.807) is 6.20 Å². The van der Waals surface area contributed by atoms with Gasteiger partial charge in [-0.15, -0.1) is 0 Å². The highest BCUT2D eigenvalue weighted by molar-refractivity contribution is 6.25. The first kappa shape index (κ1) is 24.9. The van der Waals surface area contributed by atoms with E-state index in [1.165, 1.54) is 26.9 Å². The summed E-state index contributed by atoms with van der Waals surface area (Å²) in [6.45, 7) is 0. The van der Waals surface area contributed by atoms with E-state index >= 15 is 0 Å². The van der Waals surface area contributed by atoms with Gasteiger partial charge in [-0.05, 0) is 74.8 Å². The van der Waals surface area contributed by atoms with E-state index in [9.17, 15) is 0 Å². The highest BCUT2D eigenvalue weighted by atomic mass is 15.1. The van der Waals surface area contributed by atoms with Crippen molar-refractivity contribution in [3.63, 3.8) is 0 Å². The number of rotatable bonds is 4. The van der Waals surface area contributed by atoms with Gasteiger partial charge in [-0.2, -0.15) is 0 Å². The molecule has 0 atom stereocenters. The molecule has 0 aliphatic carbocycles. The summed E-state index contributed by atoms with van der Waals surface area (Å²) in [4.78, 5) is 24.9. The molecule has 0 spiro atoms. The van der Waals surface area contributed by atoms with Gasteiger partial charge in [0.25, 0.3) is 0 Å². The van der Waals surface area contributed by atoms with Gasteiger partial charge in [0.1, 0.15) is 11.4 Å². The summed E-state index contributed by atoms with van der Waals surface area (Å²) in [7, 11) is 0. The number of para-hydroxylation sites is 3. The minimum Gasteiger partial charge on any atom is -0.291 e. The predicted molar refractivity (Wildman–Crippen MR) is 183 cm³/mol. The SMILES string of the molecule is c1ccc(-n2c(-c3cc(-c4cn5cccnc5n4)nc(-c4ccc5ccc6cccc7ccc4c5c67)n3)nc3ccccc32)cc1. The third-order valence-corrected chi connectivity index (χ3v) is 8.80. The van der Waals surface area contributed by atoms with Crippen LogP contribution >= 0.6 is 0 Å². The molecular weight excluding hydrogens is 566 g/mol. The molecule has 7 heteroatoms. The molecule has 0 fully saturated rings. The molecule has 0 radical (unpaired) electrons. The van der Waals surface area contributed by atoms with Crippen LogP contribution in [0.4, 0.5) is 0 Å². The van der Waals surface area contributed by atoms with Gasteiger partial charge in [0.15, 0.2) is 11.6 Å². The summed E-state index contributed by atoms with van der Waals surface area (Å²) in [5.41, 5.74) is 5.97. The van der Waals surface area contributed by atoms with E-state index < -0.39 is 0 Å². The third kappa shape index (κ3) is 3.69. The van der Waals surface area contributed by atoms with Crippen molar-refractivity contribution in [3.8, 4) is 40.0 Å². The summed E-state index contributed by atoms with van der Waals surface area (Å²) < 4.78 is 4.08. The Hall–Kier alpha value is -6.47. The largest absolute Gasteiger partial charge is 0.291 e. The first-order valence-electron chi connectivity index (χ1n) is 15.2. The zero-order valence-corrected chi connectivity index (χ0v) is 24.4. The lowest BCUT2D eigenvalue weighted by Crippen LogP contribution is -2.02. The van der Waals surface area contributed by atoms with E-state index in [4.69, 9.17) is 19.9 Å². The fraction of sp³-hybridized carbons (Fsp3) is 0. The van der Waals surface area contributed by atoms with E-state index in [2.05, 4.69) is 82.3 Å². The van der Waals surface area contributed by atoms with Crippen LogP contribution in [0, 0.1) is 0 Å². The zero-order chi connectivity index (χ0) is 30.2. The van der Waals surface area contributed by atoms with Crippen molar-refractivity contribution >= 4 is 49.1 Å². The molecule has 0 amide bonds. The Labute approximate surface area is 262 Å². The number of hydrogen-bond donors (Lipinski definition) is 0. The zero-order valence-electron chi connectivity index (χ0n) is 24.4. The Morgan fingerprint density at radius 3 is 2.17 bits per heavy atom. The Morgan fingerprint density at radius 2 is 1.30 bits per heavy atom. The van der Waals surface area contributed by atoms with E-state index in [1.807, 2.05) is 65.3 Å². The summed E-state index contributed by atoms with van der Waals surface area (Å²) in [5, 5.41) is 7.22. The van der Waals surface area contributed by atoms with Gasteiger partial charge in [-0.1, -0.05) is 78.9 Å². The number of aromatic nitrogens is 7. The molecule has 4 aromatic heterocycles. The van der Waals surface area contributed by atoms with Crippen LogP contribution in [0.25, 0.3) is 89.1 Å². The van der Waals surface area contributed by atoms with Gasteiger partial charge in [-0.25, -0.2) is 24.9 Å². The maximum absolute atomic E-state index is 5.27.